The highest BCUT2D eigenvalue weighted by Crippen LogP contribution is 2.16. The summed E-state index contributed by atoms with van der Waals surface area (Å²) >= 11 is 0. The fourth-order valence-corrected chi connectivity index (χ4v) is 3.25. The van der Waals surface area contributed by atoms with Crippen LogP contribution in [0.4, 0.5) is 0 Å². The zero-order chi connectivity index (χ0) is 14.7. The number of rotatable bonds is 4. The van der Waals surface area contributed by atoms with E-state index in [1.165, 1.54) is 17.4 Å². The molecule has 1 atom stereocenters. The molecule has 1 aromatic carbocycles. The van der Waals surface area contributed by atoms with Gasteiger partial charge in [-0.05, 0) is 36.1 Å². The quantitative estimate of drug-likeness (QED) is 0.935. The van der Waals surface area contributed by atoms with Gasteiger partial charge in [-0.3, -0.25) is 9.88 Å². The van der Waals surface area contributed by atoms with Crippen LogP contribution in [0, 0.1) is 5.92 Å². The fourth-order valence-electron chi connectivity index (χ4n) is 3.25. The van der Waals surface area contributed by atoms with E-state index in [1.54, 1.807) is 0 Å². The summed E-state index contributed by atoms with van der Waals surface area (Å²) in [5.74, 6) is 0.759. The molecule has 3 nitrogen and oxygen atoms in total. The fraction of sp³-hybridized carbons (Fsp3) is 0.500. The average Bonchev–Trinajstić information content (AvgIpc) is 2.47. The maximum Gasteiger partial charge on any atom is 0.0702 e. The van der Waals surface area contributed by atoms with E-state index >= 15 is 0 Å². The Morgan fingerprint density at radius 3 is 3.10 bits per heavy atom. The van der Waals surface area contributed by atoms with Crippen LogP contribution in [0.25, 0.3) is 10.9 Å². The van der Waals surface area contributed by atoms with Crippen molar-refractivity contribution < 1.29 is 0 Å². The van der Waals surface area contributed by atoms with E-state index < -0.39 is 0 Å². The third-order valence-electron chi connectivity index (χ3n) is 4.17. The van der Waals surface area contributed by atoms with E-state index in [9.17, 15) is 0 Å². The van der Waals surface area contributed by atoms with Gasteiger partial charge in [-0.25, -0.2) is 0 Å². The maximum atomic E-state index is 4.39. The molecule has 1 aromatic heterocycles. The van der Waals surface area contributed by atoms with Gasteiger partial charge in [0.05, 0.1) is 5.52 Å². The van der Waals surface area contributed by atoms with E-state index in [2.05, 4.69) is 53.3 Å². The van der Waals surface area contributed by atoms with Crippen molar-refractivity contribution in [3.8, 4) is 0 Å². The van der Waals surface area contributed by atoms with Crippen molar-refractivity contribution >= 4 is 10.9 Å². The molecule has 112 valence electrons. The Bertz CT molecular complexity index is 594. The largest absolute Gasteiger partial charge is 0.311 e. The second-order valence-corrected chi connectivity index (χ2v) is 6.55. The molecular formula is C18H25N3. The van der Waals surface area contributed by atoms with Gasteiger partial charge in [-0.15, -0.1) is 0 Å². The summed E-state index contributed by atoms with van der Waals surface area (Å²) < 4.78 is 0. The molecule has 0 spiro atoms. The van der Waals surface area contributed by atoms with Crippen LogP contribution in [-0.4, -0.2) is 35.6 Å². The summed E-state index contributed by atoms with van der Waals surface area (Å²) in [7, 11) is 0. The minimum absolute atomic E-state index is 0.640. The standard InChI is InChI=1S/C18H25N3/c1-14(2)10-17-13-21(9-8-19-17)12-15-5-6-18-16(11-15)4-3-7-20-18/h3-7,11,14,17,19H,8-10,12-13H2,1-2H3. The van der Waals surface area contributed by atoms with Crippen molar-refractivity contribution in [2.45, 2.75) is 32.9 Å². The lowest BCUT2D eigenvalue weighted by Gasteiger charge is -2.34. The molecule has 1 N–H and O–H groups in total. The Morgan fingerprint density at radius 2 is 2.24 bits per heavy atom. The van der Waals surface area contributed by atoms with Crippen LogP contribution in [0.15, 0.2) is 36.5 Å². The Morgan fingerprint density at radius 1 is 1.33 bits per heavy atom. The smallest absolute Gasteiger partial charge is 0.0702 e. The monoisotopic (exact) mass is 283 g/mol. The van der Waals surface area contributed by atoms with Crippen LogP contribution in [-0.2, 0) is 6.54 Å². The summed E-state index contributed by atoms with van der Waals surface area (Å²) in [5, 5.41) is 4.88. The van der Waals surface area contributed by atoms with E-state index in [-0.39, 0.29) is 0 Å². The van der Waals surface area contributed by atoms with Crippen molar-refractivity contribution in [3.05, 3.63) is 42.1 Å². The third-order valence-corrected chi connectivity index (χ3v) is 4.17. The topological polar surface area (TPSA) is 28.2 Å². The number of aromatic nitrogens is 1. The third kappa shape index (κ3) is 3.80. The molecule has 2 aromatic rings. The molecule has 3 rings (SSSR count). The van der Waals surface area contributed by atoms with Crippen LogP contribution in [0.3, 0.4) is 0 Å². The van der Waals surface area contributed by atoms with Crippen LogP contribution < -0.4 is 5.32 Å². The molecule has 0 saturated carbocycles. The van der Waals surface area contributed by atoms with Crippen LogP contribution >= 0.6 is 0 Å². The molecule has 1 fully saturated rings. The first-order valence-electron chi connectivity index (χ1n) is 8.00. The second-order valence-electron chi connectivity index (χ2n) is 6.55. The molecule has 21 heavy (non-hydrogen) atoms. The van der Waals surface area contributed by atoms with Crippen molar-refractivity contribution in [1.29, 1.82) is 0 Å². The van der Waals surface area contributed by atoms with Crippen molar-refractivity contribution in [2.75, 3.05) is 19.6 Å². The highest BCUT2D eigenvalue weighted by Gasteiger charge is 2.20. The van der Waals surface area contributed by atoms with Crippen LogP contribution in [0.5, 0.6) is 0 Å². The summed E-state index contributed by atoms with van der Waals surface area (Å²) in [6.07, 6.45) is 3.12. The lowest BCUT2D eigenvalue weighted by Crippen LogP contribution is -2.50. The molecule has 0 amide bonds. The van der Waals surface area contributed by atoms with Gasteiger partial charge in [-0.1, -0.05) is 26.0 Å². The van der Waals surface area contributed by atoms with E-state index in [1.807, 2.05) is 12.3 Å². The summed E-state index contributed by atoms with van der Waals surface area (Å²) in [6, 6.07) is 11.4. The van der Waals surface area contributed by atoms with Crippen molar-refractivity contribution in [2.24, 2.45) is 5.92 Å². The lowest BCUT2D eigenvalue weighted by atomic mass is 10.0. The molecular weight excluding hydrogens is 258 g/mol. The van der Waals surface area contributed by atoms with Gasteiger partial charge in [0.15, 0.2) is 0 Å². The van der Waals surface area contributed by atoms with Crippen LogP contribution in [0.2, 0.25) is 0 Å². The van der Waals surface area contributed by atoms with Gasteiger partial charge in [-0.2, -0.15) is 0 Å². The molecule has 3 heteroatoms. The molecule has 1 aliphatic rings. The lowest BCUT2D eigenvalue weighted by molar-refractivity contribution is 0.180. The summed E-state index contributed by atoms with van der Waals surface area (Å²) in [6.45, 7) is 9.05. The predicted molar refractivity (Wildman–Crippen MR) is 88.3 cm³/mol. The van der Waals surface area contributed by atoms with Gasteiger partial charge >= 0.3 is 0 Å². The van der Waals surface area contributed by atoms with Gasteiger partial charge in [0, 0.05) is 43.8 Å². The first kappa shape index (κ1) is 14.5. The second kappa shape index (κ2) is 6.54. The molecule has 0 radical (unpaired) electrons. The summed E-state index contributed by atoms with van der Waals surface area (Å²) in [4.78, 5) is 6.96. The molecule has 0 aliphatic carbocycles. The molecule has 1 aliphatic heterocycles. The first-order valence-corrected chi connectivity index (χ1v) is 8.00. The number of hydrogen-bond donors (Lipinski definition) is 1. The van der Waals surface area contributed by atoms with E-state index in [4.69, 9.17) is 0 Å². The number of piperazine rings is 1. The Balaban J connectivity index is 1.66. The Hall–Kier alpha value is -1.45. The zero-order valence-electron chi connectivity index (χ0n) is 13.0. The van der Waals surface area contributed by atoms with Gasteiger partial charge in [0.2, 0.25) is 0 Å². The van der Waals surface area contributed by atoms with Gasteiger partial charge in [0.1, 0.15) is 0 Å². The summed E-state index contributed by atoms with van der Waals surface area (Å²) in [5.41, 5.74) is 2.47. The Kier molecular flexibility index (Phi) is 4.51. The van der Waals surface area contributed by atoms with E-state index in [0.29, 0.717) is 6.04 Å². The number of hydrogen-bond acceptors (Lipinski definition) is 3. The first-order chi connectivity index (χ1) is 10.2. The van der Waals surface area contributed by atoms with E-state index in [0.717, 1.165) is 37.6 Å². The molecule has 1 unspecified atom stereocenters. The van der Waals surface area contributed by atoms with Crippen molar-refractivity contribution in [3.63, 3.8) is 0 Å². The molecule has 2 heterocycles. The van der Waals surface area contributed by atoms with Crippen LogP contribution in [0.1, 0.15) is 25.8 Å². The Labute approximate surface area is 127 Å². The number of nitrogens with zero attached hydrogens (tertiary/aromatic N) is 2. The highest BCUT2D eigenvalue weighted by molar-refractivity contribution is 5.78. The molecule has 0 bridgehead atoms. The SMILES string of the molecule is CC(C)CC1CN(Cc2ccc3ncccc3c2)CCN1. The number of benzene rings is 1. The highest BCUT2D eigenvalue weighted by atomic mass is 15.2. The molecule has 1 saturated heterocycles. The normalized spacial score (nSPS) is 20.2. The zero-order valence-corrected chi connectivity index (χ0v) is 13.0. The van der Waals surface area contributed by atoms with Gasteiger partial charge in [0.25, 0.3) is 0 Å². The van der Waals surface area contributed by atoms with Gasteiger partial charge < -0.3 is 5.32 Å². The number of pyridine rings is 1. The number of fused-ring (bicyclic) bond motifs is 1. The van der Waals surface area contributed by atoms with Crippen molar-refractivity contribution in [1.82, 2.24) is 15.2 Å². The minimum Gasteiger partial charge on any atom is -0.311 e. The predicted octanol–water partition coefficient (Wildman–Crippen LogP) is 3.05. The average molecular weight is 283 g/mol. The minimum atomic E-state index is 0.640. The number of nitrogens with one attached hydrogen (secondary N) is 1. The maximum absolute atomic E-state index is 4.39.